The predicted molar refractivity (Wildman–Crippen MR) is 78.3 cm³/mol. The second-order valence-corrected chi connectivity index (χ2v) is 5.20. The molecule has 1 saturated carbocycles. The number of methoxy groups -OCH3 is 1. The van der Waals surface area contributed by atoms with Gasteiger partial charge in [0.25, 0.3) is 5.91 Å². The van der Waals surface area contributed by atoms with Crippen LogP contribution in [0.4, 0.5) is 0 Å². The van der Waals surface area contributed by atoms with Crippen LogP contribution < -0.4 is 10.1 Å². The van der Waals surface area contributed by atoms with Crippen LogP contribution in [0, 0.1) is 0 Å². The van der Waals surface area contributed by atoms with Crippen LogP contribution in [0.2, 0.25) is 0 Å². The third kappa shape index (κ3) is 4.77. The summed E-state index contributed by atoms with van der Waals surface area (Å²) in [5.41, 5.74) is 0.603. The van der Waals surface area contributed by atoms with E-state index in [1.165, 1.54) is 26.4 Å². The molecule has 21 heavy (non-hydrogen) atoms. The molecule has 1 N–H and O–H groups in total. The molecule has 1 aromatic rings. The maximum absolute atomic E-state index is 12.1. The Hall–Kier alpha value is -2.04. The summed E-state index contributed by atoms with van der Waals surface area (Å²) in [5.74, 6) is 0.0464. The first-order valence-electron chi connectivity index (χ1n) is 7.29. The smallest absolute Gasteiger partial charge is 0.343 e. The Labute approximate surface area is 124 Å². The highest BCUT2D eigenvalue weighted by Gasteiger charge is 2.16. The van der Waals surface area contributed by atoms with Crippen molar-refractivity contribution < 1.29 is 19.1 Å². The molecule has 2 rings (SSSR count). The fourth-order valence-corrected chi connectivity index (χ4v) is 2.42. The minimum Gasteiger partial charge on any atom is -0.482 e. The van der Waals surface area contributed by atoms with Gasteiger partial charge in [-0.2, -0.15) is 0 Å². The van der Waals surface area contributed by atoms with E-state index in [9.17, 15) is 9.59 Å². The number of carbonyl (C=O) groups is 2. The lowest BCUT2D eigenvalue weighted by Crippen LogP contribution is -2.36. The van der Waals surface area contributed by atoms with Crippen molar-refractivity contribution in [1.82, 2.24) is 5.32 Å². The molecular weight excluding hydrogens is 270 g/mol. The van der Waals surface area contributed by atoms with E-state index in [2.05, 4.69) is 10.1 Å². The SMILES string of the molecule is COC(=O)COc1ccc(C(=O)NC2CCCCC2)cc1. The largest absolute Gasteiger partial charge is 0.482 e. The molecule has 0 heterocycles. The molecule has 0 bridgehead atoms. The molecular formula is C16H21NO4. The van der Waals surface area contributed by atoms with Crippen molar-refractivity contribution >= 4 is 11.9 Å². The van der Waals surface area contributed by atoms with E-state index in [0.717, 1.165) is 12.8 Å². The summed E-state index contributed by atoms with van der Waals surface area (Å²) in [6.45, 7) is -0.135. The fourth-order valence-electron chi connectivity index (χ4n) is 2.42. The first kappa shape index (κ1) is 15.4. The molecule has 0 aromatic heterocycles. The van der Waals surface area contributed by atoms with Gasteiger partial charge in [-0.3, -0.25) is 4.79 Å². The number of rotatable bonds is 5. The number of hydrogen-bond acceptors (Lipinski definition) is 4. The number of carbonyl (C=O) groups excluding carboxylic acids is 2. The van der Waals surface area contributed by atoms with E-state index >= 15 is 0 Å². The van der Waals surface area contributed by atoms with Crippen LogP contribution in [0.15, 0.2) is 24.3 Å². The zero-order valence-electron chi connectivity index (χ0n) is 12.3. The number of ether oxygens (including phenoxy) is 2. The van der Waals surface area contributed by atoms with Gasteiger partial charge in [0.05, 0.1) is 7.11 Å². The van der Waals surface area contributed by atoms with Crippen LogP contribution in [0.1, 0.15) is 42.5 Å². The van der Waals surface area contributed by atoms with Crippen LogP contribution in [0.25, 0.3) is 0 Å². The van der Waals surface area contributed by atoms with Gasteiger partial charge in [-0.25, -0.2) is 4.79 Å². The van der Waals surface area contributed by atoms with Gasteiger partial charge in [-0.05, 0) is 37.1 Å². The first-order valence-corrected chi connectivity index (χ1v) is 7.29. The van der Waals surface area contributed by atoms with Gasteiger partial charge >= 0.3 is 5.97 Å². The summed E-state index contributed by atoms with van der Waals surface area (Å²) in [4.78, 5) is 23.1. The molecule has 0 radical (unpaired) electrons. The molecule has 0 aliphatic heterocycles. The van der Waals surface area contributed by atoms with E-state index < -0.39 is 5.97 Å². The maximum Gasteiger partial charge on any atom is 0.343 e. The molecule has 1 aliphatic carbocycles. The first-order chi connectivity index (χ1) is 10.2. The Morgan fingerprint density at radius 3 is 2.43 bits per heavy atom. The van der Waals surface area contributed by atoms with E-state index in [1.54, 1.807) is 24.3 Å². The molecule has 1 amide bonds. The minimum atomic E-state index is -0.436. The summed E-state index contributed by atoms with van der Waals surface area (Å²) in [7, 11) is 1.31. The summed E-state index contributed by atoms with van der Waals surface area (Å²) >= 11 is 0. The molecule has 1 fully saturated rings. The van der Waals surface area contributed by atoms with Gasteiger partial charge in [-0.15, -0.1) is 0 Å². The highest BCUT2D eigenvalue weighted by Crippen LogP contribution is 2.18. The van der Waals surface area contributed by atoms with Crippen molar-refractivity contribution in [1.29, 1.82) is 0 Å². The summed E-state index contributed by atoms with van der Waals surface area (Å²) < 4.78 is 9.73. The minimum absolute atomic E-state index is 0.0542. The summed E-state index contributed by atoms with van der Waals surface area (Å²) in [5, 5.41) is 3.06. The standard InChI is InChI=1S/C16H21NO4/c1-20-15(18)11-21-14-9-7-12(8-10-14)16(19)17-13-5-3-2-4-6-13/h7-10,13H,2-6,11H2,1H3,(H,17,19). The molecule has 0 unspecified atom stereocenters. The second kappa shape index (κ2) is 7.67. The van der Waals surface area contributed by atoms with Gasteiger partial charge in [0.15, 0.2) is 6.61 Å². The molecule has 114 valence electrons. The van der Waals surface area contributed by atoms with E-state index in [4.69, 9.17) is 4.74 Å². The van der Waals surface area contributed by atoms with Gasteiger partial charge in [0.1, 0.15) is 5.75 Å². The van der Waals surface area contributed by atoms with E-state index in [-0.39, 0.29) is 12.5 Å². The Kier molecular flexibility index (Phi) is 5.60. The van der Waals surface area contributed by atoms with Gasteiger partial charge < -0.3 is 14.8 Å². The Balaban J connectivity index is 1.85. The highest BCUT2D eigenvalue weighted by atomic mass is 16.6. The fraction of sp³-hybridized carbons (Fsp3) is 0.500. The number of benzene rings is 1. The number of amides is 1. The predicted octanol–water partition coefficient (Wildman–Crippen LogP) is 2.30. The molecule has 0 saturated heterocycles. The Bertz CT molecular complexity index is 478. The number of hydrogen-bond donors (Lipinski definition) is 1. The third-order valence-corrected chi connectivity index (χ3v) is 3.64. The Morgan fingerprint density at radius 2 is 1.81 bits per heavy atom. The highest BCUT2D eigenvalue weighted by molar-refractivity contribution is 5.94. The van der Waals surface area contributed by atoms with Crippen molar-refractivity contribution in [2.45, 2.75) is 38.1 Å². The zero-order chi connectivity index (χ0) is 15.1. The van der Waals surface area contributed by atoms with Crippen LogP contribution in [-0.4, -0.2) is 31.6 Å². The van der Waals surface area contributed by atoms with Gasteiger partial charge in [-0.1, -0.05) is 19.3 Å². The molecule has 1 aliphatic rings. The summed E-state index contributed by atoms with van der Waals surface area (Å²) in [6, 6.07) is 7.05. The topological polar surface area (TPSA) is 64.6 Å². The average Bonchev–Trinajstić information content (AvgIpc) is 2.54. The van der Waals surface area contributed by atoms with Crippen LogP contribution in [-0.2, 0) is 9.53 Å². The lowest BCUT2D eigenvalue weighted by Gasteiger charge is -2.22. The van der Waals surface area contributed by atoms with Gasteiger partial charge in [0, 0.05) is 11.6 Å². The number of nitrogens with one attached hydrogen (secondary N) is 1. The lowest BCUT2D eigenvalue weighted by molar-refractivity contribution is -0.142. The molecule has 0 spiro atoms. The van der Waals surface area contributed by atoms with Crippen LogP contribution in [0.5, 0.6) is 5.75 Å². The molecule has 5 heteroatoms. The molecule has 5 nitrogen and oxygen atoms in total. The van der Waals surface area contributed by atoms with E-state index in [0.29, 0.717) is 17.4 Å². The van der Waals surface area contributed by atoms with Crippen LogP contribution in [0.3, 0.4) is 0 Å². The Morgan fingerprint density at radius 1 is 1.14 bits per heavy atom. The van der Waals surface area contributed by atoms with Crippen molar-refractivity contribution in [3.05, 3.63) is 29.8 Å². The third-order valence-electron chi connectivity index (χ3n) is 3.64. The summed E-state index contributed by atoms with van der Waals surface area (Å²) in [6.07, 6.45) is 5.76. The molecule has 1 aromatic carbocycles. The zero-order valence-corrected chi connectivity index (χ0v) is 12.3. The van der Waals surface area contributed by atoms with Crippen molar-refractivity contribution in [2.75, 3.05) is 13.7 Å². The second-order valence-electron chi connectivity index (χ2n) is 5.20. The monoisotopic (exact) mass is 291 g/mol. The van der Waals surface area contributed by atoms with E-state index in [1.807, 2.05) is 0 Å². The number of esters is 1. The maximum atomic E-state index is 12.1. The molecule has 0 atom stereocenters. The lowest BCUT2D eigenvalue weighted by atomic mass is 9.95. The van der Waals surface area contributed by atoms with Crippen LogP contribution >= 0.6 is 0 Å². The van der Waals surface area contributed by atoms with Crippen molar-refractivity contribution in [3.8, 4) is 5.75 Å². The van der Waals surface area contributed by atoms with Crippen molar-refractivity contribution in [2.24, 2.45) is 0 Å². The average molecular weight is 291 g/mol. The quantitative estimate of drug-likeness (QED) is 0.845. The van der Waals surface area contributed by atoms with Crippen molar-refractivity contribution in [3.63, 3.8) is 0 Å². The normalized spacial score (nSPS) is 15.3. The van der Waals surface area contributed by atoms with Gasteiger partial charge in [0.2, 0.25) is 0 Å².